The van der Waals surface area contributed by atoms with Crippen LogP contribution in [0.15, 0.2) is 5.16 Å². The molecule has 0 aliphatic rings. The van der Waals surface area contributed by atoms with Crippen molar-refractivity contribution in [1.29, 1.82) is 0 Å². The molecule has 0 saturated carbocycles. The van der Waals surface area contributed by atoms with E-state index in [1.54, 1.807) is 6.92 Å². The molecule has 2 nitrogen and oxygen atoms in total. The third-order valence-electron chi connectivity index (χ3n) is 0.364. The predicted molar refractivity (Wildman–Crippen MR) is 28.7 cm³/mol. The average molecular weight is 152 g/mol. The first-order chi connectivity index (χ1) is 2.81. The molecule has 0 atom stereocenters. The number of hydrogen-bond donors (Lipinski definition) is 1. The minimum atomic E-state index is 0.642. The maximum absolute atomic E-state index is 7.89. The second kappa shape index (κ2) is 3.15. The summed E-state index contributed by atoms with van der Waals surface area (Å²) in [6.07, 6.45) is 0. The van der Waals surface area contributed by atoms with Gasteiger partial charge >= 0.3 is 0 Å². The Hall–Kier alpha value is -0.0500. The lowest BCUT2D eigenvalue weighted by atomic mass is 10.5. The fraction of sp³-hybridized carbons (Fsp3) is 0.667. The zero-order valence-electron chi connectivity index (χ0n) is 3.48. The molecule has 0 amide bonds. The standard InChI is InChI=1S/C3H6BrNO/c1-3(2-4)5-6/h6H,2H2,1H3. The number of rotatable bonds is 1. The van der Waals surface area contributed by atoms with E-state index in [0.29, 0.717) is 11.0 Å². The molecule has 0 spiro atoms. The lowest BCUT2D eigenvalue weighted by molar-refractivity contribution is 0.318. The molecule has 0 bridgehead atoms. The van der Waals surface area contributed by atoms with Crippen LogP contribution in [0.2, 0.25) is 0 Å². The van der Waals surface area contributed by atoms with E-state index in [0.717, 1.165) is 0 Å². The Morgan fingerprint density at radius 3 is 2.50 bits per heavy atom. The molecule has 0 saturated heterocycles. The Balaban J connectivity index is 3.22. The van der Waals surface area contributed by atoms with Gasteiger partial charge in [-0.2, -0.15) is 0 Å². The largest absolute Gasteiger partial charge is 0.411 e. The number of nitrogens with zero attached hydrogens (tertiary/aromatic N) is 1. The minimum Gasteiger partial charge on any atom is -0.411 e. The van der Waals surface area contributed by atoms with E-state index >= 15 is 0 Å². The van der Waals surface area contributed by atoms with Crippen LogP contribution in [0, 0.1) is 0 Å². The third kappa shape index (κ3) is 2.20. The highest BCUT2D eigenvalue weighted by atomic mass is 79.9. The predicted octanol–water partition coefficient (Wildman–Crippen LogP) is 1.23. The van der Waals surface area contributed by atoms with Crippen molar-refractivity contribution < 1.29 is 5.21 Å². The molecule has 6 heavy (non-hydrogen) atoms. The lowest BCUT2D eigenvalue weighted by Gasteiger charge is -1.80. The van der Waals surface area contributed by atoms with E-state index < -0.39 is 0 Å². The molecule has 0 aromatic carbocycles. The Morgan fingerprint density at radius 2 is 2.50 bits per heavy atom. The molecule has 0 aromatic rings. The van der Waals surface area contributed by atoms with Crippen molar-refractivity contribution in [3.8, 4) is 0 Å². The van der Waals surface area contributed by atoms with Crippen LogP contribution < -0.4 is 0 Å². The van der Waals surface area contributed by atoms with E-state index in [1.807, 2.05) is 0 Å². The summed E-state index contributed by atoms with van der Waals surface area (Å²) in [5.41, 5.74) is 0.690. The van der Waals surface area contributed by atoms with Gasteiger partial charge in [0.05, 0.1) is 5.71 Å². The number of hydrogen-bond acceptors (Lipinski definition) is 2. The maximum atomic E-state index is 7.89. The molecule has 0 heterocycles. The average Bonchev–Trinajstić information content (AvgIpc) is 1.65. The lowest BCUT2D eigenvalue weighted by Crippen LogP contribution is -1.88. The Labute approximate surface area is 45.0 Å². The van der Waals surface area contributed by atoms with Crippen molar-refractivity contribution >= 4 is 21.6 Å². The van der Waals surface area contributed by atoms with Crippen molar-refractivity contribution in [3.63, 3.8) is 0 Å². The van der Waals surface area contributed by atoms with Crippen LogP contribution in [0.5, 0.6) is 0 Å². The first-order valence-corrected chi connectivity index (χ1v) is 2.67. The van der Waals surface area contributed by atoms with Gasteiger partial charge in [0.1, 0.15) is 0 Å². The summed E-state index contributed by atoms with van der Waals surface area (Å²) in [6, 6.07) is 0. The van der Waals surface area contributed by atoms with Crippen LogP contribution in [0.25, 0.3) is 0 Å². The molecule has 0 aliphatic heterocycles. The molecule has 0 unspecified atom stereocenters. The van der Waals surface area contributed by atoms with Crippen molar-refractivity contribution in [2.75, 3.05) is 5.33 Å². The van der Waals surface area contributed by atoms with Gasteiger partial charge in [0.25, 0.3) is 0 Å². The molecule has 3 heteroatoms. The molecule has 0 fully saturated rings. The Morgan fingerprint density at radius 1 is 2.00 bits per heavy atom. The van der Waals surface area contributed by atoms with Gasteiger partial charge in [0.15, 0.2) is 0 Å². The highest BCUT2D eigenvalue weighted by Crippen LogP contribution is 1.81. The van der Waals surface area contributed by atoms with Gasteiger partial charge in [-0.1, -0.05) is 21.1 Å². The maximum Gasteiger partial charge on any atom is 0.0645 e. The molecule has 0 radical (unpaired) electrons. The molecule has 0 rings (SSSR count). The highest BCUT2D eigenvalue weighted by molar-refractivity contribution is 9.09. The Bertz CT molecular complexity index is 61.8. The normalized spacial score (nSPS) is 12.0. The topological polar surface area (TPSA) is 32.6 Å². The van der Waals surface area contributed by atoms with E-state index in [2.05, 4.69) is 21.1 Å². The van der Waals surface area contributed by atoms with Gasteiger partial charge < -0.3 is 5.21 Å². The number of halogens is 1. The summed E-state index contributed by atoms with van der Waals surface area (Å²) in [5.74, 6) is 0. The second-order valence-electron chi connectivity index (χ2n) is 0.969. The summed E-state index contributed by atoms with van der Waals surface area (Å²) in [5, 5.41) is 11.4. The van der Waals surface area contributed by atoms with Crippen LogP contribution in [0.3, 0.4) is 0 Å². The Kier molecular flexibility index (Phi) is 3.13. The molecule has 36 valence electrons. The quantitative estimate of drug-likeness (QED) is 0.260. The van der Waals surface area contributed by atoms with Crippen LogP contribution in [0.1, 0.15) is 6.92 Å². The van der Waals surface area contributed by atoms with Crippen molar-refractivity contribution in [1.82, 2.24) is 0 Å². The number of alkyl halides is 1. The van der Waals surface area contributed by atoms with Gasteiger partial charge in [0, 0.05) is 5.33 Å². The van der Waals surface area contributed by atoms with Crippen molar-refractivity contribution in [3.05, 3.63) is 0 Å². The van der Waals surface area contributed by atoms with Gasteiger partial charge in [-0.25, -0.2) is 0 Å². The molecular weight excluding hydrogens is 146 g/mol. The third-order valence-corrected chi connectivity index (χ3v) is 1.18. The smallest absolute Gasteiger partial charge is 0.0645 e. The highest BCUT2D eigenvalue weighted by Gasteiger charge is 1.79. The summed E-state index contributed by atoms with van der Waals surface area (Å²) in [4.78, 5) is 0. The first kappa shape index (κ1) is 5.95. The van der Waals surface area contributed by atoms with Crippen LogP contribution in [0.4, 0.5) is 0 Å². The zero-order valence-corrected chi connectivity index (χ0v) is 5.07. The minimum absolute atomic E-state index is 0.642. The zero-order chi connectivity index (χ0) is 4.99. The molecule has 1 N–H and O–H groups in total. The summed E-state index contributed by atoms with van der Waals surface area (Å²) in [7, 11) is 0. The SMILES string of the molecule is CC(CBr)=NO. The monoisotopic (exact) mass is 151 g/mol. The second-order valence-corrected chi connectivity index (χ2v) is 1.53. The molecule has 0 aromatic heterocycles. The van der Waals surface area contributed by atoms with Gasteiger partial charge in [-0.3, -0.25) is 0 Å². The summed E-state index contributed by atoms with van der Waals surface area (Å²) in [6.45, 7) is 1.73. The van der Waals surface area contributed by atoms with E-state index in [9.17, 15) is 0 Å². The van der Waals surface area contributed by atoms with Crippen molar-refractivity contribution in [2.45, 2.75) is 6.92 Å². The van der Waals surface area contributed by atoms with Gasteiger partial charge in [0.2, 0.25) is 0 Å². The van der Waals surface area contributed by atoms with Crippen LogP contribution >= 0.6 is 15.9 Å². The fourth-order valence-electron chi connectivity index (χ4n) is 0.0267. The van der Waals surface area contributed by atoms with E-state index in [1.165, 1.54) is 0 Å². The van der Waals surface area contributed by atoms with Crippen LogP contribution in [-0.2, 0) is 0 Å². The number of oxime groups is 1. The summed E-state index contributed by atoms with van der Waals surface area (Å²) < 4.78 is 0. The van der Waals surface area contributed by atoms with Gasteiger partial charge in [-0.05, 0) is 6.92 Å². The first-order valence-electron chi connectivity index (χ1n) is 1.54. The molecule has 0 aliphatic carbocycles. The van der Waals surface area contributed by atoms with Crippen molar-refractivity contribution in [2.24, 2.45) is 5.16 Å². The summed E-state index contributed by atoms with van der Waals surface area (Å²) >= 11 is 3.08. The fourth-order valence-corrected chi connectivity index (χ4v) is 0.139. The van der Waals surface area contributed by atoms with Gasteiger partial charge in [-0.15, -0.1) is 0 Å². The van der Waals surface area contributed by atoms with E-state index in [-0.39, 0.29) is 0 Å². The molecular formula is C3H6BrNO. The van der Waals surface area contributed by atoms with E-state index in [4.69, 9.17) is 5.21 Å². The van der Waals surface area contributed by atoms with Crippen LogP contribution in [-0.4, -0.2) is 16.2 Å².